The molecule has 0 radical (unpaired) electrons. The highest BCUT2D eigenvalue weighted by Crippen LogP contribution is 2.09. The van der Waals surface area contributed by atoms with E-state index in [-0.39, 0.29) is 5.92 Å². The first-order valence-electron chi connectivity index (χ1n) is 2.89. The molecule has 0 atom stereocenters. The van der Waals surface area contributed by atoms with Crippen molar-refractivity contribution in [2.24, 2.45) is 5.92 Å². The quantitative estimate of drug-likeness (QED) is 0.331. The lowest BCUT2D eigenvalue weighted by molar-refractivity contribution is -0.0588. The number of hydrogen-bond donors (Lipinski definition) is 4. The average molecular weight is 134 g/mol. The molecule has 0 bridgehead atoms. The van der Waals surface area contributed by atoms with Gasteiger partial charge in [0.1, 0.15) is 5.66 Å². The van der Waals surface area contributed by atoms with E-state index in [2.05, 4.69) is 0 Å². The van der Waals surface area contributed by atoms with E-state index in [1.54, 1.807) is 6.92 Å². The molecular formula is C5H14N2O2. The average Bonchev–Trinajstić information content (AvgIpc) is 1.86. The summed E-state index contributed by atoms with van der Waals surface area (Å²) in [5, 5.41) is 17.0. The minimum Gasteiger partial charge on any atom is -0.315 e. The Morgan fingerprint density at radius 3 is 1.56 bits per heavy atom. The summed E-state index contributed by atoms with van der Waals surface area (Å²) in [6.45, 7) is 5.39. The molecule has 0 saturated heterocycles. The first-order chi connectivity index (χ1) is 4.06. The smallest absolute Gasteiger partial charge is 0.114 e. The van der Waals surface area contributed by atoms with E-state index >= 15 is 0 Å². The maximum atomic E-state index is 8.48. The molecule has 0 fully saturated rings. The van der Waals surface area contributed by atoms with Crippen molar-refractivity contribution >= 4 is 0 Å². The molecule has 0 saturated carbocycles. The van der Waals surface area contributed by atoms with Crippen LogP contribution in [0, 0.1) is 5.92 Å². The summed E-state index contributed by atoms with van der Waals surface area (Å²) in [4.78, 5) is 0. The van der Waals surface area contributed by atoms with Crippen LogP contribution in [0.3, 0.4) is 0 Å². The van der Waals surface area contributed by atoms with Crippen molar-refractivity contribution < 1.29 is 10.4 Å². The van der Waals surface area contributed by atoms with Crippen LogP contribution in [0.2, 0.25) is 0 Å². The van der Waals surface area contributed by atoms with Gasteiger partial charge >= 0.3 is 0 Å². The molecule has 0 aromatic rings. The van der Waals surface area contributed by atoms with E-state index in [0.29, 0.717) is 0 Å². The van der Waals surface area contributed by atoms with Crippen molar-refractivity contribution in [1.82, 2.24) is 11.0 Å². The van der Waals surface area contributed by atoms with Crippen molar-refractivity contribution in [2.45, 2.75) is 26.4 Å². The Balaban J connectivity index is 3.92. The first kappa shape index (κ1) is 8.84. The van der Waals surface area contributed by atoms with Crippen molar-refractivity contribution in [3.8, 4) is 0 Å². The van der Waals surface area contributed by atoms with E-state index in [4.69, 9.17) is 10.4 Å². The molecule has 4 N–H and O–H groups in total. The SMILES string of the molecule is CC(C)C(C)(NO)NO. The summed E-state index contributed by atoms with van der Waals surface area (Å²) in [5.41, 5.74) is 3.13. The van der Waals surface area contributed by atoms with Crippen LogP contribution in [0.5, 0.6) is 0 Å². The van der Waals surface area contributed by atoms with Gasteiger partial charge in [0.25, 0.3) is 0 Å². The molecule has 0 aliphatic carbocycles. The minimum atomic E-state index is -0.806. The molecule has 0 aliphatic rings. The Hall–Kier alpha value is -0.160. The number of nitrogens with one attached hydrogen (secondary N) is 2. The molecule has 0 amide bonds. The summed E-state index contributed by atoms with van der Waals surface area (Å²) >= 11 is 0. The monoisotopic (exact) mass is 134 g/mol. The number of hydrogen-bond acceptors (Lipinski definition) is 4. The maximum absolute atomic E-state index is 8.48. The molecule has 56 valence electrons. The van der Waals surface area contributed by atoms with Crippen LogP contribution >= 0.6 is 0 Å². The molecule has 0 spiro atoms. The fourth-order valence-corrected chi connectivity index (χ4v) is 0.283. The second kappa shape index (κ2) is 3.12. The van der Waals surface area contributed by atoms with Gasteiger partial charge in [-0.05, 0) is 12.8 Å². The Morgan fingerprint density at radius 2 is 1.56 bits per heavy atom. The highest BCUT2D eigenvalue weighted by Gasteiger charge is 2.25. The lowest BCUT2D eigenvalue weighted by atomic mass is 10.0. The zero-order valence-electron chi connectivity index (χ0n) is 5.97. The van der Waals surface area contributed by atoms with Gasteiger partial charge in [0, 0.05) is 0 Å². The summed E-state index contributed by atoms with van der Waals surface area (Å²) in [6, 6.07) is 0. The Bertz CT molecular complexity index is 81.0. The maximum Gasteiger partial charge on any atom is 0.114 e. The van der Waals surface area contributed by atoms with E-state index in [1.807, 2.05) is 24.8 Å². The van der Waals surface area contributed by atoms with Crippen LogP contribution < -0.4 is 11.0 Å². The predicted octanol–water partition coefficient (Wildman–Crippen LogP) is 0.316. The predicted molar refractivity (Wildman–Crippen MR) is 33.1 cm³/mol. The Kier molecular flexibility index (Phi) is 3.07. The fourth-order valence-electron chi connectivity index (χ4n) is 0.283. The molecule has 0 unspecified atom stereocenters. The zero-order chi connectivity index (χ0) is 7.49. The van der Waals surface area contributed by atoms with E-state index < -0.39 is 5.66 Å². The van der Waals surface area contributed by atoms with E-state index in [1.165, 1.54) is 0 Å². The van der Waals surface area contributed by atoms with Crippen LogP contribution in [0.1, 0.15) is 20.8 Å². The molecule has 0 heterocycles. The van der Waals surface area contributed by atoms with Crippen molar-refractivity contribution in [2.75, 3.05) is 0 Å². The molecule has 0 aromatic heterocycles. The third kappa shape index (κ3) is 1.91. The zero-order valence-corrected chi connectivity index (χ0v) is 5.97. The van der Waals surface area contributed by atoms with Gasteiger partial charge < -0.3 is 10.4 Å². The summed E-state index contributed by atoms with van der Waals surface area (Å²) in [6.07, 6.45) is 0. The van der Waals surface area contributed by atoms with Gasteiger partial charge in [0.05, 0.1) is 0 Å². The minimum absolute atomic E-state index is 0.104. The number of hydroxylamine groups is 2. The molecule has 0 rings (SSSR count). The van der Waals surface area contributed by atoms with Gasteiger partial charge in [0.2, 0.25) is 0 Å². The third-order valence-electron chi connectivity index (χ3n) is 1.62. The fraction of sp³-hybridized carbons (Fsp3) is 1.00. The van der Waals surface area contributed by atoms with Crippen molar-refractivity contribution in [3.05, 3.63) is 0 Å². The summed E-state index contributed by atoms with van der Waals surface area (Å²) < 4.78 is 0. The molecule has 9 heavy (non-hydrogen) atoms. The van der Waals surface area contributed by atoms with Crippen LogP contribution in [0.15, 0.2) is 0 Å². The van der Waals surface area contributed by atoms with Crippen LogP contribution in [0.4, 0.5) is 0 Å². The van der Waals surface area contributed by atoms with Crippen LogP contribution in [-0.4, -0.2) is 16.1 Å². The van der Waals surface area contributed by atoms with Crippen LogP contribution in [-0.2, 0) is 0 Å². The lowest BCUT2D eigenvalue weighted by Gasteiger charge is -2.29. The molecule has 0 aromatic carbocycles. The highest BCUT2D eigenvalue weighted by molar-refractivity contribution is 4.75. The standard InChI is InChI=1S/C5H14N2O2/c1-4(2)5(3,6-8)7-9/h4,6-9H,1-3H3. The van der Waals surface area contributed by atoms with Gasteiger partial charge in [0.15, 0.2) is 0 Å². The van der Waals surface area contributed by atoms with E-state index in [0.717, 1.165) is 0 Å². The van der Waals surface area contributed by atoms with Crippen molar-refractivity contribution in [1.29, 1.82) is 0 Å². The second-order valence-electron chi connectivity index (χ2n) is 2.58. The number of rotatable bonds is 3. The van der Waals surface area contributed by atoms with Gasteiger partial charge in [-0.3, -0.25) is 0 Å². The van der Waals surface area contributed by atoms with Crippen LogP contribution in [0.25, 0.3) is 0 Å². The summed E-state index contributed by atoms with van der Waals surface area (Å²) in [5.74, 6) is 0.104. The van der Waals surface area contributed by atoms with E-state index in [9.17, 15) is 0 Å². The van der Waals surface area contributed by atoms with Gasteiger partial charge in [-0.2, -0.15) is 11.0 Å². The van der Waals surface area contributed by atoms with Crippen molar-refractivity contribution in [3.63, 3.8) is 0 Å². The molecular weight excluding hydrogens is 120 g/mol. The third-order valence-corrected chi connectivity index (χ3v) is 1.62. The normalized spacial score (nSPS) is 12.7. The first-order valence-corrected chi connectivity index (χ1v) is 2.89. The second-order valence-corrected chi connectivity index (χ2v) is 2.58. The molecule has 4 nitrogen and oxygen atoms in total. The molecule has 4 heteroatoms. The van der Waals surface area contributed by atoms with Gasteiger partial charge in [-0.25, -0.2) is 0 Å². The topological polar surface area (TPSA) is 64.5 Å². The highest BCUT2D eigenvalue weighted by atomic mass is 16.5. The van der Waals surface area contributed by atoms with Gasteiger partial charge in [-0.1, -0.05) is 13.8 Å². The molecule has 0 aliphatic heterocycles. The van der Waals surface area contributed by atoms with Gasteiger partial charge in [-0.15, -0.1) is 0 Å². The Morgan fingerprint density at radius 1 is 1.22 bits per heavy atom. The Labute approximate surface area is 54.8 Å². The largest absolute Gasteiger partial charge is 0.315 e. The summed E-state index contributed by atoms with van der Waals surface area (Å²) in [7, 11) is 0. The lowest BCUT2D eigenvalue weighted by Crippen LogP contribution is -2.55.